The summed E-state index contributed by atoms with van der Waals surface area (Å²) in [6, 6.07) is 0.785. The van der Waals surface area contributed by atoms with Gasteiger partial charge in [0.15, 0.2) is 0 Å². The molecule has 1 saturated carbocycles. The molecule has 12 heavy (non-hydrogen) atoms. The van der Waals surface area contributed by atoms with Crippen LogP contribution in [0.1, 0.15) is 19.8 Å². The number of rotatable bonds is 3. The Morgan fingerprint density at radius 3 is 3.08 bits per heavy atom. The van der Waals surface area contributed by atoms with Crippen molar-refractivity contribution in [2.45, 2.75) is 25.8 Å². The standard InChI is InChI=1S/C10H17NO/c1-8-5-10(8)11-6-9-3-2-4-12-7-9/h3,8,10-11H,2,4-7H2,1H3. The highest BCUT2D eigenvalue weighted by Crippen LogP contribution is 2.28. The molecule has 0 saturated heterocycles. The number of hydrogen-bond acceptors (Lipinski definition) is 2. The summed E-state index contributed by atoms with van der Waals surface area (Å²) in [6.45, 7) is 5.08. The molecule has 2 unspecified atom stereocenters. The summed E-state index contributed by atoms with van der Waals surface area (Å²) < 4.78 is 5.35. The second kappa shape index (κ2) is 3.58. The van der Waals surface area contributed by atoms with E-state index in [-0.39, 0.29) is 0 Å². The second-order valence-corrected chi connectivity index (χ2v) is 3.90. The molecule has 2 nitrogen and oxygen atoms in total. The normalized spacial score (nSPS) is 34.6. The fraction of sp³-hybridized carbons (Fsp3) is 0.800. The lowest BCUT2D eigenvalue weighted by Gasteiger charge is -2.13. The van der Waals surface area contributed by atoms with Gasteiger partial charge in [-0.15, -0.1) is 0 Å². The van der Waals surface area contributed by atoms with Crippen molar-refractivity contribution in [1.82, 2.24) is 5.32 Å². The van der Waals surface area contributed by atoms with Crippen molar-refractivity contribution >= 4 is 0 Å². The molecule has 0 aromatic carbocycles. The molecule has 2 aliphatic rings. The molecular formula is C10H17NO. The van der Waals surface area contributed by atoms with E-state index in [1.54, 1.807) is 0 Å². The summed E-state index contributed by atoms with van der Waals surface area (Å²) in [5.74, 6) is 0.898. The third-order valence-electron chi connectivity index (χ3n) is 2.68. The van der Waals surface area contributed by atoms with Crippen LogP contribution in [-0.4, -0.2) is 25.8 Å². The summed E-state index contributed by atoms with van der Waals surface area (Å²) in [6.07, 6.45) is 4.76. The summed E-state index contributed by atoms with van der Waals surface area (Å²) in [7, 11) is 0. The van der Waals surface area contributed by atoms with Crippen LogP contribution in [0, 0.1) is 5.92 Å². The van der Waals surface area contributed by atoms with Crippen LogP contribution < -0.4 is 5.32 Å². The summed E-state index contributed by atoms with van der Waals surface area (Å²) in [4.78, 5) is 0. The van der Waals surface area contributed by atoms with Crippen LogP contribution in [0.5, 0.6) is 0 Å². The monoisotopic (exact) mass is 167 g/mol. The molecule has 1 aliphatic heterocycles. The van der Waals surface area contributed by atoms with Crippen LogP contribution >= 0.6 is 0 Å². The molecule has 1 fully saturated rings. The zero-order valence-electron chi connectivity index (χ0n) is 7.68. The van der Waals surface area contributed by atoms with Crippen LogP contribution in [0.2, 0.25) is 0 Å². The quantitative estimate of drug-likeness (QED) is 0.640. The third kappa shape index (κ3) is 2.08. The van der Waals surface area contributed by atoms with Gasteiger partial charge >= 0.3 is 0 Å². The van der Waals surface area contributed by atoms with Crippen molar-refractivity contribution < 1.29 is 4.74 Å². The Kier molecular flexibility index (Phi) is 2.47. The van der Waals surface area contributed by atoms with Crippen LogP contribution in [0.4, 0.5) is 0 Å². The van der Waals surface area contributed by atoms with Gasteiger partial charge in [0.25, 0.3) is 0 Å². The van der Waals surface area contributed by atoms with Gasteiger partial charge in [0, 0.05) is 12.6 Å². The first-order valence-electron chi connectivity index (χ1n) is 4.85. The van der Waals surface area contributed by atoms with Crippen LogP contribution in [0.25, 0.3) is 0 Å². The molecule has 0 aromatic heterocycles. The van der Waals surface area contributed by atoms with E-state index in [1.807, 2.05) is 0 Å². The average Bonchev–Trinajstić information content (AvgIpc) is 2.81. The Balaban J connectivity index is 1.68. The largest absolute Gasteiger partial charge is 0.377 e. The van der Waals surface area contributed by atoms with E-state index in [0.29, 0.717) is 0 Å². The van der Waals surface area contributed by atoms with Gasteiger partial charge in [0.2, 0.25) is 0 Å². The summed E-state index contributed by atoms with van der Waals surface area (Å²) >= 11 is 0. The topological polar surface area (TPSA) is 21.3 Å². The Bertz CT molecular complexity index is 188. The molecule has 2 rings (SSSR count). The second-order valence-electron chi connectivity index (χ2n) is 3.90. The maximum absolute atomic E-state index is 5.35. The van der Waals surface area contributed by atoms with Crippen molar-refractivity contribution in [3.63, 3.8) is 0 Å². The summed E-state index contributed by atoms with van der Waals surface area (Å²) in [5, 5.41) is 3.53. The van der Waals surface area contributed by atoms with E-state index < -0.39 is 0 Å². The molecule has 1 aliphatic carbocycles. The van der Waals surface area contributed by atoms with Crippen LogP contribution in [0.15, 0.2) is 11.6 Å². The van der Waals surface area contributed by atoms with Gasteiger partial charge in [0.1, 0.15) is 0 Å². The van der Waals surface area contributed by atoms with Crippen molar-refractivity contribution in [3.8, 4) is 0 Å². The molecule has 68 valence electrons. The minimum atomic E-state index is 0.785. The lowest BCUT2D eigenvalue weighted by Crippen LogP contribution is -2.23. The van der Waals surface area contributed by atoms with Gasteiger partial charge in [-0.1, -0.05) is 13.0 Å². The zero-order chi connectivity index (χ0) is 8.39. The first-order chi connectivity index (χ1) is 5.86. The Hall–Kier alpha value is -0.340. The lowest BCUT2D eigenvalue weighted by atomic mass is 10.2. The predicted octanol–water partition coefficient (Wildman–Crippen LogP) is 1.33. The highest BCUT2D eigenvalue weighted by molar-refractivity contribution is 5.08. The Morgan fingerprint density at radius 2 is 2.50 bits per heavy atom. The maximum atomic E-state index is 5.35. The maximum Gasteiger partial charge on any atom is 0.0689 e. The molecular weight excluding hydrogens is 150 g/mol. The lowest BCUT2D eigenvalue weighted by molar-refractivity contribution is 0.148. The SMILES string of the molecule is CC1CC1NCC1=CCCOC1. The first kappa shape index (κ1) is 8.27. The number of hydrogen-bond donors (Lipinski definition) is 1. The third-order valence-corrected chi connectivity index (χ3v) is 2.68. The molecule has 0 spiro atoms. The highest BCUT2D eigenvalue weighted by Gasteiger charge is 2.31. The molecule has 1 heterocycles. The van der Waals surface area contributed by atoms with Gasteiger partial charge in [-0.25, -0.2) is 0 Å². The molecule has 0 aromatic rings. The number of nitrogens with one attached hydrogen (secondary N) is 1. The fourth-order valence-corrected chi connectivity index (χ4v) is 1.60. The van der Waals surface area contributed by atoms with Crippen molar-refractivity contribution in [2.75, 3.05) is 19.8 Å². The average molecular weight is 167 g/mol. The van der Waals surface area contributed by atoms with Gasteiger partial charge in [-0.3, -0.25) is 0 Å². The molecule has 0 radical (unpaired) electrons. The minimum absolute atomic E-state index is 0.785. The molecule has 1 N–H and O–H groups in total. The van der Waals surface area contributed by atoms with Crippen molar-refractivity contribution in [3.05, 3.63) is 11.6 Å². The zero-order valence-corrected chi connectivity index (χ0v) is 7.68. The van der Waals surface area contributed by atoms with E-state index in [2.05, 4.69) is 18.3 Å². The first-order valence-corrected chi connectivity index (χ1v) is 4.85. The van der Waals surface area contributed by atoms with Crippen LogP contribution in [-0.2, 0) is 4.74 Å². The Morgan fingerprint density at radius 1 is 1.67 bits per heavy atom. The molecule has 2 atom stereocenters. The molecule has 2 heteroatoms. The van der Waals surface area contributed by atoms with Crippen molar-refractivity contribution in [1.29, 1.82) is 0 Å². The highest BCUT2D eigenvalue weighted by atomic mass is 16.5. The number of ether oxygens (including phenoxy) is 1. The van der Waals surface area contributed by atoms with E-state index in [0.717, 1.165) is 38.1 Å². The predicted molar refractivity (Wildman–Crippen MR) is 49.1 cm³/mol. The van der Waals surface area contributed by atoms with E-state index in [4.69, 9.17) is 4.74 Å². The van der Waals surface area contributed by atoms with Gasteiger partial charge < -0.3 is 10.1 Å². The smallest absolute Gasteiger partial charge is 0.0689 e. The van der Waals surface area contributed by atoms with E-state index >= 15 is 0 Å². The van der Waals surface area contributed by atoms with E-state index in [9.17, 15) is 0 Å². The van der Waals surface area contributed by atoms with Gasteiger partial charge in [-0.05, 0) is 24.3 Å². The fourth-order valence-electron chi connectivity index (χ4n) is 1.60. The Labute approximate surface area is 74.0 Å². The van der Waals surface area contributed by atoms with Gasteiger partial charge in [0.05, 0.1) is 13.2 Å². The summed E-state index contributed by atoms with van der Waals surface area (Å²) in [5.41, 5.74) is 1.43. The minimum Gasteiger partial charge on any atom is -0.377 e. The van der Waals surface area contributed by atoms with Gasteiger partial charge in [-0.2, -0.15) is 0 Å². The van der Waals surface area contributed by atoms with E-state index in [1.165, 1.54) is 12.0 Å². The molecule has 0 bridgehead atoms. The van der Waals surface area contributed by atoms with Crippen LogP contribution in [0.3, 0.4) is 0 Å². The van der Waals surface area contributed by atoms with Crippen molar-refractivity contribution in [2.24, 2.45) is 5.92 Å². The molecule has 0 amide bonds.